The third-order valence-corrected chi connectivity index (χ3v) is 3.29. The number of hydrogen-bond donors (Lipinski definition) is 1. The minimum absolute atomic E-state index is 0.174. The summed E-state index contributed by atoms with van der Waals surface area (Å²) in [5.41, 5.74) is 5.00. The predicted molar refractivity (Wildman–Crippen MR) is 78.5 cm³/mol. The number of rotatable bonds is 3. The highest BCUT2D eigenvalue weighted by molar-refractivity contribution is 5.78. The summed E-state index contributed by atoms with van der Waals surface area (Å²) in [4.78, 5) is 10.4. The molecular formula is C17H18O3. The molecule has 0 radical (unpaired) electrons. The summed E-state index contributed by atoms with van der Waals surface area (Å²) in [6.45, 7) is 2.86. The van der Waals surface area contributed by atoms with E-state index in [0.29, 0.717) is 13.1 Å². The van der Waals surface area contributed by atoms with Crippen LogP contribution in [0.25, 0.3) is 11.1 Å². The molecule has 1 aliphatic rings. The van der Waals surface area contributed by atoms with Crippen LogP contribution in [-0.2, 0) is 9.53 Å². The van der Waals surface area contributed by atoms with Crippen molar-refractivity contribution in [1.82, 2.24) is 0 Å². The van der Waals surface area contributed by atoms with Crippen molar-refractivity contribution in [3.8, 4) is 11.1 Å². The zero-order valence-corrected chi connectivity index (χ0v) is 11.5. The van der Waals surface area contributed by atoms with Crippen LogP contribution < -0.4 is 0 Å². The third kappa shape index (κ3) is 2.73. The van der Waals surface area contributed by atoms with Crippen molar-refractivity contribution in [1.29, 1.82) is 0 Å². The van der Waals surface area contributed by atoms with Crippen LogP contribution in [0, 0.1) is 0 Å². The Kier molecular flexibility index (Phi) is 4.91. The summed E-state index contributed by atoms with van der Waals surface area (Å²) >= 11 is 0. The molecule has 2 aromatic rings. The zero-order valence-electron chi connectivity index (χ0n) is 11.5. The summed E-state index contributed by atoms with van der Waals surface area (Å²) in [6.07, 6.45) is 0. The van der Waals surface area contributed by atoms with Crippen LogP contribution in [0.1, 0.15) is 24.0 Å². The Morgan fingerprint density at radius 2 is 1.50 bits per heavy atom. The Labute approximate surface area is 118 Å². The van der Waals surface area contributed by atoms with E-state index in [1.807, 2.05) is 24.3 Å². The van der Waals surface area contributed by atoms with Crippen molar-refractivity contribution < 1.29 is 14.6 Å². The Morgan fingerprint density at radius 1 is 1.05 bits per heavy atom. The molecule has 0 aromatic heterocycles. The first-order valence-corrected chi connectivity index (χ1v) is 6.67. The SMILES string of the molecule is CCO.O=COCC1c2ccccc2-c2ccccc21. The first-order valence-electron chi connectivity index (χ1n) is 6.67. The highest BCUT2D eigenvalue weighted by atomic mass is 16.5. The fourth-order valence-electron chi connectivity index (χ4n) is 2.57. The first-order chi connectivity index (χ1) is 9.83. The third-order valence-electron chi connectivity index (χ3n) is 3.29. The van der Waals surface area contributed by atoms with E-state index in [2.05, 4.69) is 24.3 Å². The van der Waals surface area contributed by atoms with Gasteiger partial charge in [-0.15, -0.1) is 0 Å². The number of hydrogen-bond acceptors (Lipinski definition) is 3. The second kappa shape index (κ2) is 6.87. The van der Waals surface area contributed by atoms with E-state index in [1.165, 1.54) is 22.3 Å². The molecule has 0 amide bonds. The lowest BCUT2D eigenvalue weighted by Crippen LogP contribution is -2.05. The summed E-state index contributed by atoms with van der Waals surface area (Å²) in [5, 5.41) is 7.57. The van der Waals surface area contributed by atoms with Gasteiger partial charge in [0.05, 0.1) is 0 Å². The normalized spacial score (nSPS) is 11.9. The molecule has 3 nitrogen and oxygen atoms in total. The highest BCUT2D eigenvalue weighted by Gasteiger charge is 2.28. The quantitative estimate of drug-likeness (QED) is 0.872. The van der Waals surface area contributed by atoms with Crippen molar-refractivity contribution in [2.75, 3.05) is 13.2 Å². The van der Waals surface area contributed by atoms with E-state index in [1.54, 1.807) is 6.92 Å². The van der Waals surface area contributed by atoms with E-state index in [-0.39, 0.29) is 12.5 Å². The lowest BCUT2D eigenvalue weighted by molar-refractivity contribution is -0.128. The molecule has 0 unspecified atom stereocenters. The highest BCUT2D eigenvalue weighted by Crippen LogP contribution is 2.44. The molecule has 2 aromatic carbocycles. The molecule has 0 saturated heterocycles. The molecule has 0 saturated carbocycles. The number of ether oxygens (including phenoxy) is 1. The van der Waals surface area contributed by atoms with Crippen molar-refractivity contribution in [3.05, 3.63) is 59.7 Å². The number of carbonyl (C=O) groups excluding carboxylic acids is 1. The Balaban J connectivity index is 0.000000452. The second-order valence-electron chi connectivity index (χ2n) is 4.47. The fraction of sp³-hybridized carbons (Fsp3) is 0.235. The van der Waals surface area contributed by atoms with Crippen molar-refractivity contribution in [2.45, 2.75) is 12.8 Å². The van der Waals surface area contributed by atoms with Crippen molar-refractivity contribution in [2.24, 2.45) is 0 Å². The van der Waals surface area contributed by atoms with Crippen LogP contribution in [0.5, 0.6) is 0 Å². The van der Waals surface area contributed by atoms with E-state index in [4.69, 9.17) is 9.84 Å². The van der Waals surface area contributed by atoms with Gasteiger partial charge in [-0.1, -0.05) is 48.5 Å². The maximum atomic E-state index is 10.4. The van der Waals surface area contributed by atoms with Gasteiger partial charge in [-0.05, 0) is 29.2 Å². The monoisotopic (exact) mass is 270 g/mol. The van der Waals surface area contributed by atoms with Crippen molar-refractivity contribution in [3.63, 3.8) is 0 Å². The zero-order chi connectivity index (χ0) is 14.4. The molecule has 20 heavy (non-hydrogen) atoms. The van der Waals surface area contributed by atoms with E-state index in [9.17, 15) is 4.79 Å². The summed E-state index contributed by atoms with van der Waals surface area (Å²) in [6, 6.07) is 16.6. The standard InChI is InChI=1S/C15H12O2.C2H6O/c16-10-17-9-15-13-7-3-1-5-11(13)12-6-2-4-8-14(12)15;1-2-3/h1-8,10,15H,9H2;3H,2H2,1H3. The Morgan fingerprint density at radius 3 is 1.95 bits per heavy atom. The molecule has 0 aliphatic heterocycles. The molecule has 0 fully saturated rings. The molecule has 1 aliphatic carbocycles. The van der Waals surface area contributed by atoms with Gasteiger partial charge in [-0.3, -0.25) is 4.79 Å². The van der Waals surface area contributed by atoms with Crippen LogP contribution >= 0.6 is 0 Å². The minimum atomic E-state index is 0.174. The first kappa shape index (κ1) is 14.3. The maximum absolute atomic E-state index is 10.4. The van der Waals surface area contributed by atoms with Gasteiger partial charge in [0.25, 0.3) is 6.47 Å². The molecule has 1 N–H and O–H groups in total. The van der Waals surface area contributed by atoms with Gasteiger partial charge < -0.3 is 9.84 Å². The lowest BCUT2D eigenvalue weighted by atomic mass is 9.98. The molecular weight excluding hydrogens is 252 g/mol. The Bertz CT molecular complexity index is 532. The molecule has 0 heterocycles. The van der Waals surface area contributed by atoms with Crippen LogP contribution in [0.4, 0.5) is 0 Å². The molecule has 104 valence electrons. The maximum Gasteiger partial charge on any atom is 0.293 e. The number of carbonyl (C=O) groups is 1. The number of aliphatic hydroxyl groups excluding tert-OH is 1. The van der Waals surface area contributed by atoms with Crippen LogP contribution in [-0.4, -0.2) is 24.8 Å². The van der Waals surface area contributed by atoms with Gasteiger partial charge >= 0.3 is 0 Å². The van der Waals surface area contributed by atoms with Crippen LogP contribution in [0.2, 0.25) is 0 Å². The van der Waals surface area contributed by atoms with Gasteiger partial charge in [0.15, 0.2) is 0 Å². The van der Waals surface area contributed by atoms with E-state index in [0.717, 1.165) is 0 Å². The van der Waals surface area contributed by atoms with Gasteiger partial charge in [0.1, 0.15) is 6.61 Å². The van der Waals surface area contributed by atoms with E-state index < -0.39 is 0 Å². The Hall–Kier alpha value is -2.13. The van der Waals surface area contributed by atoms with Gasteiger partial charge in [-0.2, -0.15) is 0 Å². The smallest absolute Gasteiger partial charge is 0.293 e. The molecule has 3 rings (SSSR count). The van der Waals surface area contributed by atoms with Crippen LogP contribution in [0.3, 0.4) is 0 Å². The van der Waals surface area contributed by atoms with Gasteiger partial charge in [0, 0.05) is 12.5 Å². The number of fused-ring (bicyclic) bond motifs is 3. The fourth-order valence-corrected chi connectivity index (χ4v) is 2.57. The largest absolute Gasteiger partial charge is 0.467 e. The van der Waals surface area contributed by atoms with Crippen LogP contribution in [0.15, 0.2) is 48.5 Å². The number of aliphatic hydroxyl groups is 1. The van der Waals surface area contributed by atoms with Crippen molar-refractivity contribution >= 4 is 6.47 Å². The van der Waals surface area contributed by atoms with Gasteiger partial charge in [-0.25, -0.2) is 0 Å². The minimum Gasteiger partial charge on any atom is -0.467 e. The summed E-state index contributed by atoms with van der Waals surface area (Å²) in [5.74, 6) is 0.174. The topological polar surface area (TPSA) is 46.5 Å². The molecule has 0 atom stereocenters. The number of benzene rings is 2. The molecule has 0 bridgehead atoms. The molecule has 0 spiro atoms. The average molecular weight is 270 g/mol. The predicted octanol–water partition coefficient (Wildman–Crippen LogP) is 2.97. The summed E-state index contributed by atoms with van der Waals surface area (Å²) < 4.78 is 4.95. The summed E-state index contributed by atoms with van der Waals surface area (Å²) in [7, 11) is 0. The average Bonchev–Trinajstić information content (AvgIpc) is 2.80. The van der Waals surface area contributed by atoms with Gasteiger partial charge in [0.2, 0.25) is 0 Å². The molecule has 3 heteroatoms. The van der Waals surface area contributed by atoms with E-state index >= 15 is 0 Å². The second-order valence-corrected chi connectivity index (χ2v) is 4.47. The lowest BCUT2D eigenvalue weighted by Gasteiger charge is -2.11.